The quantitative estimate of drug-likeness (QED) is 0.227. The summed E-state index contributed by atoms with van der Waals surface area (Å²) in [6.45, 7) is 4.59. The molecule has 0 radical (unpaired) electrons. The Balaban J connectivity index is 2.46. The topological polar surface area (TPSA) is 42.9 Å². The van der Waals surface area contributed by atoms with Crippen LogP contribution < -0.4 is 5.32 Å². The lowest BCUT2D eigenvalue weighted by atomic mass is 10.2. The number of esters is 1. The van der Waals surface area contributed by atoms with Gasteiger partial charge in [0.25, 0.3) is 0 Å². The maximum atomic E-state index is 12.0. The standard InChI is InChI=1S/C13H16I3NO2/c1-2-3-4-17-5-6-19-13(18)10-7-9(14)8-11(15)12(10)16/h7-8,17H,2-6H2,1H3/p+1. The van der Waals surface area contributed by atoms with E-state index in [1.807, 2.05) is 6.07 Å². The third kappa shape index (κ3) is 6.42. The maximum Gasteiger partial charge on any atom is 0.339 e. The van der Waals surface area contributed by atoms with Crippen LogP contribution in [-0.2, 0) is 4.74 Å². The second kappa shape index (κ2) is 9.72. The predicted octanol–water partition coefficient (Wildman–Crippen LogP) is 3.02. The van der Waals surface area contributed by atoms with Gasteiger partial charge in [-0.3, -0.25) is 0 Å². The zero-order chi connectivity index (χ0) is 14.3. The smallest absolute Gasteiger partial charge is 0.339 e. The molecule has 0 unspecified atom stereocenters. The Morgan fingerprint density at radius 1 is 1.26 bits per heavy atom. The molecular formula is C13H17I3NO2+. The summed E-state index contributed by atoms with van der Waals surface area (Å²) in [6.07, 6.45) is 2.41. The number of quaternary nitrogens is 1. The fourth-order valence-electron chi connectivity index (χ4n) is 1.51. The lowest BCUT2D eigenvalue weighted by Gasteiger charge is -2.08. The molecule has 0 aliphatic carbocycles. The van der Waals surface area contributed by atoms with Crippen LogP contribution in [0, 0.1) is 10.7 Å². The number of carbonyl (C=O) groups excluding carboxylic acids is 1. The molecule has 1 rings (SSSR count). The van der Waals surface area contributed by atoms with Gasteiger partial charge in [-0.05, 0) is 86.3 Å². The normalized spacial score (nSPS) is 10.5. The van der Waals surface area contributed by atoms with Crippen molar-refractivity contribution >= 4 is 73.7 Å². The molecule has 106 valence electrons. The Bertz CT molecular complexity index is 438. The second-order valence-corrected chi connectivity index (χ2v) is 7.59. The lowest BCUT2D eigenvalue weighted by molar-refractivity contribution is -0.655. The number of nitrogens with two attached hydrogens (primary N) is 1. The lowest BCUT2D eigenvalue weighted by Crippen LogP contribution is -2.85. The van der Waals surface area contributed by atoms with E-state index in [4.69, 9.17) is 4.74 Å². The van der Waals surface area contributed by atoms with Crippen LogP contribution in [0.2, 0.25) is 0 Å². The number of halogens is 3. The minimum Gasteiger partial charge on any atom is -0.456 e. The van der Waals surface area contributed by atoms with Gasteiger partial charge in [0.05, 0.1) is 12.1 Å². The summed E-state index contributed by atoms with van der Waals surface area (Å²) in [5.74, 6) is -0.218. The summed E-state index contributed by atoms with van der Waals surface area (Å²) in [5, 5.41) is 2.19. The van der Waals surface area contributed by atoms with Crippen molar-refractivity contribution in [2.45, 2.75) is 19.8 Å². The van der Waals surface area contributed by atoms with Gasteiger partial charge in [-0.15, -0.1) is 0 Å². The van der Waals surface area contributed by atoms with Gasteiger partial charge < -0.3 is 10.1 Å². The molecule has 0 spiro atoms. The molecule has 1 aromatic rings. The highest BCUT2D eigenvalue weighted by atomic mass is 127. The van der Waals surface area contributed by atoms with E-state index in [1.54, 1.807) is 0 Å². The Kier molecular flexibility index (Phi) is 9.15. The van der Waals surface area contributed by atoms with E-state index in [2.05, 4.69) is 86.1 Å². The molecule has 0 aliphatic heterocycles. The molecule has 0 bridgehead atoms. The summed E-state index contributed by atoms with van der Waals surface area (Å²) in [5.41, 5.74) is 0.672. The number of hydrogen-bond donors (Lipinski definition) is 1. The highest BCUT2D eigenvalue weighted by molar-refractivity contribution is 14.1. The van der Waals surface area contributed by atoms with Crippen LogP contribution in [0.5, 0.6) is 0 Å². The average Bonchev–Trinajstić information content (AvgIpc) is 2.37. The molecule has 19 heavy (non-hydrogen) atoms. The van der Waals surface area contributed by atoms with Gasteiger partial charge >= 0.3 is 5.97 Å². The van der Waals surface area contributed by atoms with Crippen LogP contribution in [0.3, 0.4) is 0 Å². The third-order valence-corrected chi connectivity index (χ3v) is 6.20. The predicted molar refractivity (Wildman–Crippen MR) is 101 cm³/mol. The van der Waals surface area contributed by atoms with Crippen LogP contribution in [0.4, 0.5) is 0 Å². The molecule has 0 saturated heterocycles. The molecule has 6 heteroatoms. The number of rotatable bonds is 7. The summed E-state index contributed by atoms with van der Waals surface area (Å²) >= 11 is 6.66. The number of unbranched alkanes of at least 4 members (excludes halogenated alkanes) is 1. The van der Waals surface area contributed by atoms with E-state index in [-0.39, 0.29) is 5.97 Å². The van der Waals surface area contributed by atoms with Crippen molar-refractivity contribution in [3.8, 4) is 0 Å². The van der Waals surface area contributed by atoms with Gasteiger partial charge in [0.2, 0.25) is 0 Å². The van der Waals surface area contributed by atoms with Crippen LogP contribution in [0.1, 0.15) is 30.1 Å². The highest BCUT2D eigenvalue weighted by Crippen LogP contribution is 2.23. The molecule has 0 heterocycles. The van der Waals surface area contributed by atoms with Crippen molar-refractivity contribution in [2.75, 3.05) is 19.7 Å². The zero-order valence-corrected chi connectivity index (χ0v) is 17.2. The molecule has 0 fully saturated rings. The van der Waals surface area contributed by atoms with E-state index in [1.165, 1.54) is 12.8 Å². The van der Waals surface area contributed by atoms with Gasteiger partial charge in [-0.1, -0.05) is 13.3 Å². The van der Waals surface area contributed by atoms with Crippen molar-refractivity contribution < 1.29 is 14.8 Å². The van der Waals surface area contributed by atoms with Crippen molar-refractivity contribution in [3.63, 3.8) is 0 Å². The van der Waals surface area contributed by atoms with Crippen LogP contribution >= 0.6 is 67.8 Å². The maximum absolute atomic E-state index is 12.0. The largest absolute Gasteiger partial charge is 0.456 e. The van der Waals surface area contributed by atoms with E-state index < -0.39 is 0 Å². The number of ether oxygens (including phenoxy) is 1. The molecule has 1 aromatic carbocycles. The number of hydrogen-bond acceptors (Lipinski definition) is 2. The van der Waals surface area contributed by atoms with Gasteiger partial charge in [0, 0.05) is 10.7 Å². The van der Waals surface area contributed by atoms with E-state index >= 15 is 0 Å². The monoisotopic (exact) mass is 600 g/mol. The first-order chi connectivity index (χ1) is 9.06. The fraction of sp³-hybridized carbons (Fsp3) is 0.462. The molecule has 0 amide bonds. The first-order valence-corrected chi connectivity index (χ1v) is 9.43. The average molecular weight is 600 g/mol. The van der Waals surface area contributed by atoms with Crippen LogP contribution in [0.15, 0.2) is 12.1 Å². The summed E-state index contributed by atoms with van der Waals surface area (Å²) in [7, 11) is 0. The fourth-order valence-corrected chi connectivity index (χ4v) is 3.89. The summed E-state index contributed by atoms with van der Waals surface area (Å²) in [6, 6.07) is 3.94. The van der Waals surface area contributed by atoms with Crippen LogP contribution in [0.25, 0.3) is 0 Å². The Morgan fingerprint density at radius 2 is 2.00 bits per heavy atom. The van der Waals surface area contributed by atoms with Crippen molar-refractivity contribution in [3.05, 3.63) is 28.4 Å². The number of carbonyl (C=O) groups is 1. The summed E-state index contributed by atoms with van der Waals surface area (Å²) < 4.78 is 8.44. The molecule has 3 nitrogen and oxygen atoms in total. The first-order valence-electron chi connectivity index (χ1n) is 6.19. The highest BCUT2D eigenvalue weighted by Gasteiger charge is 2.15. The van der Waals surface area contributed by atoms with Crippen LogP contribution in [-0.4, -0.2) is 25.7 Å². The zero-order valence-electron chi connectivity index (χ0n) is 10.7. The van der Waals surface area contributed by atoms with E-state index in [0.29, 0.717) is 12.2 Å². The molecule has 0 aliphatic rings. The Hall–Kier alpha value is 0.840. The van der Waals surface area contributed by atoms with Crippen molar-refractivity contribution in [2.24, 2.45) is 0 Å². The van der Waals surface area contributed by atoms with E-state index in [9.17, 15) is 4.79 Å². The van der Waals surface area contributed by atoms with Crippen molar-refractivity contribution in [1.29, 1.82) is 0 Å². The minimum absolute atomic E-state index is 0.218. The Labute approximate surface area is 155 Å². The molecule has 0 atom stereocenters. The van der Waals surface area contributed by atoms with Gasteiger partial charge in [0.1, 0.15) is 13.2 Å². The summed E-state index contributed by atoms with van der Waals surface area (Å²) in [4.78, 5) is 12.0. The number of benzene rings is 1. The van der Waals surface area contributed by atoms with Gasteiger partial charge in [-0.2, -0.15) is 0 Å². The van der Waals surface area contributed by atoms with Crippen molar-refractivity contribution in [1.82, 2.24) is 0 Å². The SMILES string of the molecule is CCCC[NH2+]CCOC(=O)c1cc(I)cc(I)c1I. The first kappa shape index (κ1) is 17.9. The van der Waals surface area contributed by atoms with Gasteiger partial charge in [0.15, 0.2) is 0 Å². The molecular weight excluding hydrogens is 583 g/mol. The second-order valence-electron chi connectivity index (χ2n) is 4.10. The van der Waals surface area contributed by atoms with E-state index in [0.717, 1.165) is 23.8 Å². The molecule has 0 aromatic heterocycles. The molecule has 2 N–H and O–H groups in total. The van der Waals surface area contributed by atoms with Gasteiger partial charge in [-0.25, -0.2) is 4.79 Å². The third-order valence-electron chi connectivity index (χ3n) is 2.53. The molecule has 0 saturated carbocycles. The Morgan fingerprint density at radius 3 is 2.68 bits per heavy atom. The minimum atomic E-state index is -0.218.